The van der Waals surface area contributed by atoms with Crippen molar-refractivity contribution in [3.8, 4) is 0 Å². The van der Waals surface area contributed by atoms with E-state index in [-0.39, 0.29) is 18.1 Å². The summed E-state index contributed by atoms with van der Waals surface area (Å²) in [5, 5.41) is 0. The molecule has 0 aromatic rings. The molecule has 2 fully saturated rings. The molecular formula is C11H19NO2. The maximum absolute atomic E-state index is 11.5. The lowest BCUT2D eigenvalue weighted by molar-refractivity contribution is -0.150. The molecule has 2 saturated carbocycles. The number of ether oxygens (including phenoxy) is 1. The number of hydrogen-bond acceptors (Lipinski definition) is 3. The molecule has 2 N–H and O–H groups in total. The van der Waals surface area contributed by atoms with Crippen molar-refractivity contribution in [2.24, 2.45) is 11.7 Å². The van der Waals surface area contributed by atoms with Gasteiger partial charge in [-0.2, -0.15) is 0 Å². The monoisotopic (exact) mass is 197 g/mol. The summed E-state index contributed by atoms with van der Waals surface area (Å²) in [6, 6.07) is -0.372. The van der Waals surface area contributed by atoms with Gasteiger partial charge >= 0.3 is 5.97 Å². The van der Waals surface area contributed by atoms with Gasteiger partial charge in [-0.15, -0.1) is 0 Å². The molecule has 0 aromatic carbocycles. The van der Waals surface area contributed by atoms with E-state index in [9.17, 15) is 4.79 Å². The molecule has 0 amide bonds. The molecular weight excluding hydrogens is 178 g/mol. The number of hydrogen-bond donors (Lipinski definition) is 1. The summed E-state index contributed by atoms with van der Waals surface area (Å²) in [6.45, 7) is 0. The van der Waals surface area contributed by atoms with Crippen LogP contribution in [0.3, 0.4) is 0 Å². The van der Waals surface area contributed by atoms with E-state index in [2.05, 4.69) is 0 Å². The Morgan fingerprint density at radius 3 is 2.50 bits per heavy atom. The highest BCUT2D eigenvalue weighted by Crippen LogP contribution is 2.33. The molecule has 3 nitrogen and oxygen atoms in total. The Morgan fingerprint density at radius 2 is 1.93 bits per heavy atom. The zero-order chi connectivity index (χ0) is 9.97. The third-order valence-corrected chi connectivity index (χ3v) is 3.17. The molecule has 0 heterocycles. The maximum atomic E-state index is 11.5. The Morgan fingerprint density at radius 1 is 1.29 bits per heavy atom. The normalized spacial score (nSPS) is 24.9. The Hall–Kier alpha value is -0.570. The zero-order valence-corrected chi connectivity index (χ0v) is 8.58. The van der Waals surface area contributed by atoms with Crippen LogP contribution in [0.1, 0.15) is 44.9 Å². The molecule has 2 aliphatic carbocycles. The highest BCUT2D eigenvalue weighted by atomic mass is 16.5. The standard InChI is InChI=1S/C11H19NO2/c12-10(7-8-5-6-8)11(13)14-9-3-1-2-4-9/h8-10H,1-7,12H2. The fraction of sp³-hybridized carbons (Fsp3) is 0.909. The van der Waals surface area contributed by atoms with Gasteiger partial charge in [-0.05, 0) is 38.0 Å². The van der Waals surface area contributed by atoms with Crippen molar-refractivity contribution in [3.05, 3.63) is 0 Å². The largest absolute Gasteiger partial charge is 0.461 e. The van der Waals surface area contributed by atoms with Crippen molar-refractivity contribution in [2.45, 2.75) is 57.1 Å². The van der Waals surface area contributed by atoms with Gasteiger partial charge in [0.1, 0.15) is 12.1 Å². The van der Waals surface area contributed by atoms with Crippen LogP contribution >= 0.6 is 0 Å². The first-order valence-electron chi connectivity index (χ1n) is 5.72. The maximum Gasteiger partial charge on any atom is 0.323 e. The van der Waals surface area contributed by atoms with Crippen LogP contribution in [0.4, 0.5) is 0 Å². The Labute approximate surface area is 85.0 Å². The van der Waals surface area contributed by atoms with Gasteiger partial charge in [0.15, 0.2) is 0 Å². The minimum Gasteiger partial charge on any atom is -0.461 e. The number of carbonyl (C=O) groups excluding carboxylic acids is 1. The lowest BCUT2D eigenvalue weighted by atomic mass is 10.1. The molecule has 3 heteroatoms. The van der Waals surface area contributed by atoms with Crippen molar-refractivity contribution in [2.75, 3.05) is 0 Å². The third-order valence-electron chi connectivity index (χ3n) is 3.17. The van der Waals surface area contributed by atoms with Gasteiger partial charge in [-0.25, -0.2) is 0 Å². The Bertz CT molecular complexity index is 207. The van der Waals surface area contributed by atoms with E-state index in [1.807, 2.05) is 0 Å². The van der Waals surface area contributed by atoms with Crippen LogP contribution in [0, 0.1) is 5.92 Å². The second kappa shape index (κ2) is 4.30. The first kappa shape index (κ1) is 9.97. The molecule has 0 bridgehead atoms. The molecule has 2 aliphatic rings. The fourth-order valence-corrected chi connectivity index (χ4v) is 2.07. The van der Waals surface area contributed by atoms with Crippen LogP contribution in [-0.4, -0.2) is 18.1 Å². The summed E-state index contributed by atoms with van der Waals surface area (Å²) in [4.78, 5) is 11.5. The van der Waals surface area contributed by atoms with Crippen LogP contribution in [0.15, 0.2) is 0 Å². The lowest BCUT2D eigenvalue weighted by Crippen LogP contribution is -2.34. The van der Waals surface area contributed by atoms with E-state index in [1.54, 1.807) is 0 Å². The highest BCUT2D eigenvalue weighted by molar-refractivity contribution is 5.75. The van der Waals surface area contributed by atoms with Gasteiger partial charge < -0.3 is 10.5 Å². The number of esters is 1. The number of nitrogens with two attached hydrogens (primary N) is 1. The molecule has 0 radical (unpaired) electrons. The van der Waals surface area contributed by atoms with Gasteiger partial charge in [0.2, 0.25) is 0 Å². The van der Waals surface area contributed by atoms with Crippen LogP contribution in [0.25, 0.3) is 0 Å². The van der Waals surface area contributed by atoms with E-state index in [0.29, 0.717) is 5.92 Å². The predicted octanol–water partition coefficient (Wildman–Crippen LogP) is 1.60. The highest BCUT2D eigenvalue weighted by Gasteiger charge is 2.29. The van der Waals surface area contributed by atoms with Crippen LogP contribution in [0.5, 0.6) is 0 Å². The summed E-state index contributed by atoms with van der Waals surface area (Å²) < 4.78 is 5.34. The minimum atomic E-state index is -0.372. The van der Waals surface area contributed by atoms with E-state index in [4.69, 9.17) is 10.5 Å². The van der Waals surface area contributed by atoms with Crippen molar-refractivity contribution in [1.82, 2.24) is 0 Å². The summed E-state index contributed by atoms with van der Waals surface area (Å²) >= 11 is 0. The molecule has 0 spiro atoms. The van der Waals surface area contributed by atoms with E-state index in [1.165, 1.54) is 25.7 Å². The average molecular weight is 197 g/mol. The number of rotatable bonds is 4. The fourth-order valence-electron chi connectivity index (χ4n) is 2.07. The van der Waals surface area contributed by atoms with Gasteiger partial charge in [0, 0.05) is 0 Å². The van der Waals surface area contributed by atoms with Gasteiger partial charge in [0.25, 0.3) is 0 Å². The van der Waals surface area contributed by atoms with E-state index >= 15 is 0 Å². The minimum absolute atomic E-state index is 0.160. The lowest BCUT2D eigenvalue weighted by Gasteiger charge is -2.15. The molecule has 0 aromatic heterocycles. The zero-order valence-electron chi connectivity index (χ0n) is 8.58. The quantitative estimate of drug-likeness (QED) is 0.696. The first-order valence-corrected chi connectivity index (χ1v) is 5.72. The van der Waals surface area contributed by atoms with Crippen LogP contribution < -0.4 is 5.73 Å². The summed E-state index contributed by atoms with van der Waals surface area (Å²) in [7, 11) is 0. The third kappa shape index (κ3) is 2.71. The SMILES string of the molecule is NC(CC1CC1)C(=O)OC1CCCC1. The molecule has 2 rings (SSSR count). The van der Waals surface area contributed by atoms with Crippen LogP contribution in [0.2, 0.25) is 0 Å². The summed E-state index contributed by atoms with van der Waals surface area (Å²) in [6.07, 6.45) is 7.91. The Kier molecular flexibility index (Phi) is 3.06. The molecule has 0 saturated heterocycles. The molecule has 1 atom stereocenters. The molecule has 1 unspecified atom stereocenters. The smallest absolute Gasteiger partial charge is 0.323 e. The molecule has 14 heavy (non-hydrogen) atoms. The van der Waals surface area contributed by atoms with E-state index < -0.39 is 0 Å². The Balaban J connectivity index is 1.69. The van der Waals surface area contributed by atoms with Gasteiger partial charge in [-0.1, -0.05) is 12.8 Å². The molecule has 80 valence electrons. The van der Waals surface area contributed by atoms with Gasteiger partial charge in [0.05, 0.1) is 0 Å². The van der Waals surface area contributed by atoms with Crippen molar-refractivity contribution in [3.63, 3.8) is 0 Å². The molecule has 0 aliphatic heterocycles. The van der Waals surface area contributed by atoms with Crippen molar-refractivity contribution < 1.29 is 9.53 Å². The average Bonchev–Trinajstić information content (AvgIpc) is 2.81. The van der Waals surface area contributed by atoms with Gasteiger partial charge in [-0.3, -0.25) is 4.79 Å². The topological polar surface area (TPSA) is 52.3 Å². The predicted molar refractivity (Wildman–Crippen MR) is 53.7 cm³/mol. The van der Waals surface area contributed by atoms with E-state index in [0.717, 1.165) is 19.3 Å². The second-order valence-corrected chi connectivity index (χ2v) is 4.63. The van der Waals surface area contributed by atoms with Crippen LogP contribution in [-0.2, 0) is 9.53 Å². The summed E-state index contributed by atoms with van der Waals surface area (Å²) in [5.41, 5.74) is 5.76. The first-order chi connectivity index (χ1) is 6.75. The van der Waals surface area contributed by atoms with Crippen molar-refractivity contribution >= 4 is 5.97 Å². The summed E-state index contributed by atoms with van der Waals surface area (Å²) in [5.74, 6) is 0.518. The number of carbonyl (C=O) groups is 1. The second-order valence-electron chi connectivity index (χ2n) is 4.63. The van der Waals surface area contributed by atoms with Crippen molar-refractivity contribution in [1.29, 1.82) is 0 Å².